The van der Waals surface area contributed by atoms with Gasteiger partial charge in [-0.3, -0.25) is 4.79 Å². The van der Waals surface area contributed by atoms with Gasteiger partial charge in [0.2, 0.25) is 0 Å². The molecule has 6 heteroatoms. The highest BCUT2D eigenvalue weighted by Gasteiger charge is 2.31. The third-order valence-electron chi connectivity index (χ3n) is 3.80. The Balaban J connectivity index is 1.90. The van der Waals surface area contributed by atoms with Crippen LogP contribution >= 0.6 is 43.5 Å². The molecular formula is C17H12Br2ClFO2. The lowest BCUT2D eigenvalue weighted by Gasteiger charge is -2.26. The van der Waals surface area contributed by atoms with Gasteiger partial charge in [0.1, 0.15) is 11.6 Å². The predicted molar refractivity (Wildman–Crippen MR) is 95.2 cm³/mol. The number of fused-ring (bicyclic) bond motifs is 1. The van der Waals surface area contributed by atoms with Crippen LogP contribution in [-0.2, 0) is 11.8 Å². The molecule has 0 amide bonds. The van der Waals surface area contributed by atoms with Crippen LogP contribution in [0.3, 0.4) is 0 Å². The fraction of sp³-hybridized carbons (Fsp3) is 0.235. The Hall–Kier alpha value is -0.910. The van der Waals surface area contributed by atoms with Crippen LogP contribution in [0, 0.1) is 11.7 Å². The number of rotatable bonds is 3. The molecule has 0 unspecified atom stereocenters. The van der Waals surface area contributed by atoms with Crippen molar-refractivity contribution in [3.8, 4) is 5.75 Å². The number of benzene rings is 2. The number of ether oxygens (including phenoxy) is 1. The number of halogens is 4. The molecule has 1 heterocycles. The summed E-state index contributed by atoms with van der Waals surface area (Å²) >= 11 is 12.9. The van der Waals surface area contributed by atoms with Crippen LogP contribution in [0.15, 0.2) is 34.8 Å². The van der Waals surface area contributed by atoms with E-state index in [1.54, 1.807) is 6.07 Å². The van der Waals surface area contributed by atoms with Crippen molar-refractivity contribution in [1.82, 2.24) is 0 Å². The summed E-state index contributed by atoms with van der Waals surface area (Å²) in [6.07, 6.45) is 0.424. The molecule has 3 rings (SSSR count). The van der Waals surface area contributed by atoms with Crippen molar-refractivity contribution < 1.29 is 13.9 Å². The quantitative estimate of drug-likeness (QED) is 0.558. The molecule has 0 saturated carbocycles. The lowest BCUT2D eigenvalue weighted by Crippen LogP contribution is -2.30. The van der Waals surface area contributed by atoms with Gasteiger partial charge < -0.3 is 4.74 Å². The largest absolute Gasteiger partial charge is 0.491 e. The van der Waals surface area contributed by atoms with Gasteiger partial charge in [0.15, 0.2) is 5.78 Å². The van der Waals surface area contributed by atoms with Crippen LogP contribution in [0.2, 0.25) is 5.02 Å². The van der Waals surface area contributed by atoms with Crippen molar-refractivity contribution >= 4 is 49.2 Å². The van der Waals surface area contributed by atoms with Gasteiger partial charge >= 0.3 is 0 Å². The summed E-state index contributed by atoms with van der Waals surface area (Å²) in [5, 5.41) is 0.986. The summed E-state index contributed by atoms with van der Waals surface area (Å²) in [5.41, 5.74) is 2.31. The average Bonchev–Trinajstić information content (AvgIpc) is 2.52. The molecule has 23 heavy (non-hydrogen) atoms. The zero-order valence-electron chi connectivity index (χ0n) is 11.9. The first-order chi connectivity index (χ1) is 11.0. The Morgan fingerprint density at radius 3 is 2.78 bits per heavy atom. The first kappa shape index (κ1) is 16.9. The van der Waals surface area contributed by atoms with Gasteiger partial charge in [-0.05, 0) is 57.7 Å². The summed E-state index contributed by atoms with van der Waals surface area (Å²) in [7, 11) is 0. The number of hydrogen-bond acceptors (Lipinski definition) is 2. The second-order valence-electron chi connectivity index (χ2n) is 5.40. The fourth-order valence-corrected chi connectivity index (χ4v) is 3.83. The Labute approximate surface area is 155 Å². The highest BCUT2D eigenvalue weighted by molar-refractivity contribution is 9.10. The normalized spacial score (nSPS) is 16.9. The number of Topliss-reactive ketones (excluding diaryl/α,β-unsaturated/α-hetero) is 1. The number of alkyl halides is 1. The highest BCUT2D eigenvalue weighted by Crippen LogP contribution is 2.37. The maximum atomic E-state index is 13.1. The van der Waals surface area contributed by atoms with Gasteiger partial charge in [0.05, 0.1) is 22.6 Å². The molecule has 0 fully saturated rings. The number of carbonyl (C=O) groups is 1. The molecule has 120 valence electrons. The molecule has 1 aliphatic heterocycles. The zero-order valence-corrected chi connectivity index (χ0v) is 15.8. The molecule has 1 aliphatic rings. The number of ketones is 1. The lowest BCUT2D eigenvalue weighted by molar-refractivity contribution is 0.0829. The van der Waals surface area contributed by atoms with Gasteiger partial charge in [0, 0.05) is 10.4 Å². The summed E-state index contributed by atoms with van der Waals surface area (Å²) < 4.78 is 19.7. The van der Waals surface area contributed by atoms with Crippen molar-refractivity contribution in [2.75, 3.05) is 6.61 Å². The summed E-state index contributed by atoms with van der Waals surface area (Å²) in [6, 6.07) is 8.00. The average molecular weight is 463 g/mol. The van der Waals surface area contributed by atoms with Gasteiger partial charge in [-0.25, -0.2) is 4.39 Å². The molecule has 2 nitrogen and oxygen atoms in total. The smallest absolute Gasteiger partial charge is 0.173 e. The van der Waals surface area contributed by atoms with Crippen LogP contribution in [-0.4, -0.2) is 12.4 Å². The van der Waals surface area contributed by atoms with Crippen molar-refractivity contribution in [1.29, 1.82) is 0 Å². The third kappa shape index (κ3) is 3.47. The van der Waals surface area contributed by atoms with Gasteiger partial charge in [-0.15, -0.1) is 0 Å². The SMILES string of the molecule is O=C1c2cc(CBr)cc(Br)c2OC[C@@H]1Cc1ccc(F)cc1Cl. The second-order valence-corrected chi connectivity index (χ2v) is 7.22. The van der Waals surface area contributed by atoms with Crippen molar-refractivity contribution in [3.63, 3.8) is 0 Å². The van der Waals surface area contributed by atoms with E-state index < -0.39 is 0 Å². The van der Waals surface area contributed by atoms with Crippen LogP contribution in [0.4, 0.5) is 4.39 Å². The monoisotopic (exact) mass is 460 g/mol. The first-order valence-corrected chi connectivity index (χ1v) is 9.28. The maximum Gasteiger partial charge on any atom is 0.173 e. The van der Waals surface area contributed by atoms with Crippen LogP contribution in [0.1, 0.15) is 21.5 Å². The molecule has 0 spiro atoms. The molecule has 0 N–H and O–H groups in total. The Kier molecular flexibility index (Phi) is 5.09. The van der Waals surface area contributed by atoms with E-state index in [-0.39, 0.29) is 24.1 Å². The number of hydrogen-bond donors (Lipinski definition) is 0. The zero-order chi connectivity index (χ0) is 16.6. The molecule has 0 bridgehead atoms. The Bertz CT molecular complexity index is 779. The molecule has 2 aromatic rings. The van der Waals surface area contributed by atoms with E-state index in [0.717, 1.165) is 15.6 Å². The van der Waals surface area contributed by atoms with Gasteiger partial charge in [-0.2, -0.15) is 0 Å². The van der Waals surface area contributed by atoms with Gasteiger partial charge in [0.25, 0.3) is 0 Å². The van der Waals surface area contributed by atoms with Crippen molar-refractivity contribution in [2.24, 2.45) is 5.92 Å². The van der Waals surface area contributed by atoms with Crippen LogP contribution in [0.25, 0.3) is 0 Å². The van der Waals surface area contributed by atoms with Crippen LogP contribution < -0.4 is 4.74 Å². The van der Waals surface area contributed by atoms with Crippen LogP contribution in [0.5, 0.6) is 5.75 Å². The van der Waals surface area contributed by atoms with E-state index in [2.05, 4.69) is 31.9 Å². The Morgan fingerprint density at radius 2 is 2.09 bits per heavy atom. The van der Waals surface area contributed by atoms with E-state index >= 15 is 0 Å². The molecule has 0 aromatic heterocycles. The van der Waals surface area contributed by atoms with E-state index in [1.807, 2.05) is 12.1 Å². The summed E-state index contributed by atoms with van der Waals surface area (Å²) in [6.45, 7) is 0.284. The fourth-order valence-electron chi connectivity index (χ4n) is 2.64. The van der Waals surface area contributed by atoms with E-state index in [4.69, 9.17) is 16.3 Å². The summed E-state index contributed by atoms with van der Waals surface area (Å²) in [4.78, 5) is 12.8. The molecule has 0 radical (unpaired) electrons. The first-order valence-electron chi connectivity index (χ1n) is 6.99. The lowest BCUT2D eigenvalue weighted by atomic mass is 9.89. The molecule has 0 saturated heterocycles. The van der Waals surface area contributed by atoms with Gasteiger partial charge in [-0.1, -0.05) is 33.6 Å². The van der Waals surface area contributed by atoms with Crippen molar-refractivity contribution in [3.05, 3.63) is 62.3 Å². The molecule has 1 atom stereocenters. The van der Waals surface area contributed by atoms with E-state index in [1.165, 1.54) is 12.1 Å². The third-order valence-corrected chi connectivity index (χ3v) is 5.39. The second kappa shape index (κ2) is 6.91. The van der Waals surface area contributed by atoms with E-state index in [9.17, 15) is 9.18 Å². The molecule has 2 aromatic carbocycles. The Morgan fingerprint density at radius 1 is 1.30 bits per heavy atom. The minimum Gasteiger partial charge on any atom is -0.491 e. The number of carbonyl (C=O) groups excluding carboxylic acids is 1. The highest BCUT2D eigenvalue weighted by atomic mass is 79.9. The molecular weight excluding hydrogens is 450 g/mol. The molecule has 0 aliphatic carbocycles. The van der Waals surface area contributed by atoms with E-state index in [0.29, 0.717) is 28.1 Å². The minimum atomic E-state index is -0.388. The standard InChI is InChI=1S/C17H12Br2ClFO2/c18-7-9-3-13-16(22)11(8-23-17(13)14(19)4-9)5-10-1-2-12(21)6-15(10)20/h1-4,6,11H,5,7-8H2/t11-/m0/s1. The topological polar surface area (TPSA) is 26.3 Å². The minimum absolute atomic E-state index is 0.0233. The maximum absolute atomic E-state index is 13.1. The predicted octanol–water partition coefficient (Wildman–Crippen LogP) is 5.57. The van der Waals surface area contributed by atoms with Crippen molar-refractivity contribution in [2.45, 2.75) is 11.8 Å². The summed E-state index contributed by atoms with van der Waals surface area (Å²) in [5.74, 6) is -0.111.